The van der Waals surface area contributed by atoms with Crippen molar-refractivity contribution in [2.45, 2.75) is 25.0 Å². The van der Waals surface area contributed by atoms with Crippen LogP contribution in [0.15, 0.2) is 53.0 Å². The van der Waals surface area contributed by atoms with Crippen LogP contribution in [0.3, 0.4) is 0 Å². The van der Waals surface area contributed by atoms with Gasteiger partial charge in [0.1, 0.15) is 5.75 Å². The number of benzene rings is 2. The summed E-state index contributed by atoms with van der Waals surface area (Å²) < 4.78 is 6.24. The number of methoxy groups -OCH3 is 1. The van der Waals surface area contributed by atoms with Crippen molar-refractivity contribution >= 4 is 21.8 Å². The van der Waals surface area contributed by atoms with Crippen molar-refractivity contribution in [3.8, 4) is 5.75 Å². The van der Waals surface area contributed by atoms with Crippen molar-refractivity contribution in [3.63, 3.8) is 0 Å². The molecule has 29 heavy (non-hydrogen) atoms. The maximum atomic E-state index is 12.7. The van der Waals surface area contributed by atoms with Gasteiger partial charge in [-0.1, -0.05) is 46.3 Å². The summed E-state index contributed by atoms with van der Waals surface area (Å²) in [5.41, 5.74) is 9.14. The number of amides is 1. The van der Waals surface area contributed by atoms with E-state index in [1.807, 2.05) is 41.3 Å². The number of halogens is 1. The van der Waals surface area contributed by atoms with Gasteiger partial charge in [-0.3, -0.25) is 9.69 Å². The first-order valence-electron chi connectivity index (χ1n) is 10.0. The summed E-state index contributed by atoms with van der Waals surface area (Å²) >= 11 is 3.53. The molecule has 0 aromatic heterocycles. The Bertz CT molecular complexity index is 837. The third-order valence-corrected chi connectivity index (χ3v) is 6.58. The number of carbonyl (C=O) groups is 1. The summed E-state index contributed by atoms with van der Waals surface area (Å²) in [5, 5.41) is 0. The second-order valence-corrected chi connectivity index (χ2v) is 8.41. The van der Waals surface area contributed by atoms with Gasteiger partial charge in [0, 0.05) is 36.7 Å². The molecule has 154 valence electrons. The standard InChI is InChI=1S/C22H27BrN4O2/c1-29-18-8-6-16(7-9-18)20-15-21(25-24-20)26-10-12-27(13-11-26)22(28)14-17-4-2-3-5-19(17)23/h2-9,20-21,24-25H,10-15H2,1H3. The van der Waals surface area contributed by atoms with Gasteiger partial charge in [0.2, 0.25) is 5.91 Å². The van der Waals surface area contributed by atoms with E-state index in [1.54, 1.807) is 7.11 Å². The molecule has 0 radical (unpaired) electrons. The van der Waals surface area contributed by atoms with E-state index in [4.69, 9.17) is 4.74 Å². The SMILES string of the molecule is COc1ccc(C2CC(N3CCN(C(=O)Cc4ccccc4Br)CC3)NN2)cc1. The van der Waals surface area contributed by atoms with Crippen LogP contribution >= 0.6 is 15.9 Å². The number of hydrogen-bond acceptors (Lipinski definition) is 5. The van der Waals surface area contributed by atoms with Gasteiger partial charge in [-0.25, -0.2) is 10.9 Å². The van der Waals surface area contributed by atoms with Crippen molar-refractivity contribution < 1.29 is 9.53 Å². The third kappa shape index (κ3) is 4.80. The zero-order valence-electron chi connectivity index (χ0n) is 16.6. The Labute approximate surface area is 180 Å². The highest BCUT2D eigenvalue weighted by atomic mass is 79.9. The minimum absolute atomic E-state index is 0.199. The maximum Gasteiger partial charge on any atom is 0.227 e. The van der Waals surface area contributed by atoms with Crippen LogP contribution in [0.4, 0.5) is 0 Å². The van der Waals surface area contributed by atoms with Gasteiger partial charge in [0.05, 0.1) is 19.7 Å². The lowest BCUT2D eigenvalue weighted by Gasteiger charge is -2.37. The van der Waals surface area contributed by atoms with E-state index in [9.17, 15) is 4.79 Å². The number of nitrogens with one attached hydrogen (secondary N) is 2. The predicted octanol–water partition coefficient (Wildman–Crippen LogP) is 2.71. The normalized spacial score (nSPS) is 22.6. The van der Waals surface area contributed by atoms with E-state index in [-0.39, 0.29) is 18.1 Å². The van der Waals surface area contributed by atoms with E-state index in [2.05, 4.69) is 43.8 Å². The first-order chi connectivity index (χ1) is 14.1. The molecule has 6 nitrogen and oxygen atoms in total. The highest BCUT2D eigenvalue weighted by Gasteiger charge is 2.32. The number of rotatable bonds is 5. The van der Waals surface area contributed by atoms with Crippen LogP contribution in [0.1, 0.15) is 23.6 Å². The zero-order chi connectivity index (χ0) is 20.2. The highest BCUT2D eigenvalue weighted by molar-refractivity contribution is 9.10. The molecule has 2 atom stereocenters. The molecule has 0 saturated carbocycles. The average molecular weight is 459 g/mol. The number of hydrazine groups is 1. The molecule has 0 spiro atoms. The van der Waals surface area contributed by atoms with E-state index in [0.29, 0.717) is 6.42 Å². The molecule has 1 amide bonds. The van der Waals surface area contributed by atoms with Crippen LogP contribution in [0.25, 0.3) is 0 Å². The lowest BCUT2D eigenvalue weighted by molar-refractivity contribution is -0.132. The fourth-order valence-corrected chi connectivity index (χ4v) is 4.46. The summed E-state index contributed by atoms with van der Waals surface area (Å²) in [4.78, 5) is 17.1. The van der Waals surface area contributed by atoms with Gasteiger partial charge in [-0.2, -0.15) is 0 Å². The van der Waals surface area contributed by atoms with Crippen LogP contribution < -0.4 is 15.6 Å². The molecule has 0 aliphatic carbocycles. The van der Waals surface area contributed by atoms with Gasteiger partial charge < -0.3 is 9.64 Å². The Morgan fingerprint density at radius 2 is 1.79 bits per heavy atom. The molecule has 2 unspecified atom stereocenters. The Morgan fingerprint density at radius 1 is 1.07 bits per heavy atom. The second kappa shape index (κ2) is 9.26. The van der Waals surface area contributed by atoms with Crippen molar-refractivity contribution in [1.29, 1.82) is 0 Å². The summed E-state index contributed by atoms with van der Waals surface area (Å²) in [7, 11) is 1.68. The van der Waals surface area contributed by atoms with Gasteiger partial charge in [-0.15, -0.1) is 0 Å². The molecule has 2 aliphatic heterocycles. The number of hydrogen-bond donors (Lipinski definition) is 2. The fourth-order valence-electron chi connectivity index (χ4n) is 4.03. The van der Waals surface area contributed by atoms with Gasteiger partial charge in [0.15, 0.2) is 0 Å². The molecule has 2 aromatic carbocycles. The number of piperazine rings is 1. The van der Waals surface area contributed by atoms with E-state index in [0.717, 1.165) is 48.4 Å². The quantitative estimate of drug-likeness (QED) is 0.721. The zero-order valence-corrected chi connectivity index (χ0v) is 18.2. The Hall–Kier alpha value is -1.93. The summed E-state index contributed by atoms with van der Waals surface area (Å²) in [6, 6.07) is 16.4. The summed E-state index contributed by atoms with van der Waals surface area (Å²) in [5.74, 6) is 1.07. The molecule has 0 bridgehead atoms. The largest absolute Gasteiger partial charge is 0.497 e. The summed E-state index contributed by atoms with van der Waals surface area (Å²) in [6.07, 6.45) is 1.73. The third-order valence-electron chi connectivity index (χ3n) is 5.81. The molecule has 2 aromatic rings. The molecular weight excluding hydrogens is 432 g/mol. The molecule has 2 N–H and O–H groups in total. The predicted molar refractivity (Wildman–Crippen MR) is 116 cm³/mol. The number of ether oxygens (including phenoxy) is 1. The van der Waals surface area contributed by atoms with Crippen LogP contribution in [0.2, 0.25) is 0 Å². The second-order valence-electron chi connectivity index (χ2n) is 7.55. The van der Waals surface area contributed by atoms with Gasteiger partial charge >= 0.3 is 0 Å². The smallest absolute Gasteiger partial charge is 0.227 e. The number of nitrogens with zero attached hydrogens (tertiary/aromatic N) is 2. The molecule has 4 rings (SSSR count). The van der Waals surface area contributed by atoms with E-state index in [1.165, 1.54) is 5.56 Å². The first kappa shape index (κ1) is 20.3. The number of carbonyl (C=O) groups excluding carboxylic acids is 1. The van der Waals surface area contributed by atoms with Gasteiger partial charge in [-0.05, 0) is 35.7 Å². The topological polar surface area (TPSA) is 56.8 Å². The van der Waals surface area contributed by atoms with Gasteiger partial charge in [0.25, 0.3) is 0 Å². The van der Waals surface area contributed by atoms with E-state index >= 15 is 0 Å². The molecule has 7 heteroatoms. The molecule has 2 fully saturated rings. The lowest BCUT2D eigenvalue weighted by Crippen LogP contribution is -2.55. The van der Waals surface area contributed by atoms with Crippen LogP contribution in [-0.4, -0.2) is 55.2 Å². The summed E-state index contributed by atoms with van der Waals surface area (Å²) in [6.45, 7) is 3.32. The van der Waals surface area contributed by atoms with E-state index < -0.39 is 0 Å². The monoisotopic (exact) mass is 458 g/mol. The minimum Gasteiger partial charge on any atom is -0.497 e. The molecular formula is C22H27BrN4O2. The molecule has 2 aliphatic rings. The Kier molecular flexibility index (Phi) is 6.50. The van der Waals surface area contributed by atoms with Crippen molar-refractivity contribution in [3.05, 3.63) is 64.1 Å². The van der Waals surface area contributed by atoms with Crippen LogP contribution in [0, 0.1) is 0 Å². The first-order valence-corrected chi connectivity index (χ1v) is 10.8. The van der Waals surface area contributed by atoms with Crippen LogP contribution in [-0.2, 0) is 11.2 Å². The Balaban J connectivity index is 1.27. The van der Waals surface area contributed by atoms with Crippen molar-refractivity contribution in [2.24, 2.45) is 0 Å². The minimum atomic E-state index is 0.199. The lowest BCUT2D eigenvalue weighted by atomic mass is 10.0. The molecule has 2 heterocycles. The Morgan fingerprint density at radius 3 is 2.48 bits per heavy atom. The molecule has 2 saturated heterocycles. The van der Waals surface area contributed by atoms with Crippen molar-refractivity contribution in [2.75, 3.05) is 33.3 Å². The van der Waals surface area contributed by atoms with Crippen LogP contribution in [0.5, 0.6) is 5.75 Å². The maximum absolute atomic E-state index is 12.7. The fraction of sp³-hybridized carbons (Fsp3) is 0.409. The highest BCUT2D eigenvalue weighted by Crippen LogP contribution is 2.26. The van der Waals surface area contributed by atoms with Crippen molar-refractivity contribution in [1.82, 2.24) is 20.7 Å². The average Bonchev–Trinajstić information content (AvgIpc) is 3.26.